The molecule has 2 unspecified atom stereocenters. The summed E-state index contributed by atoms with van der Waals surface area (Å²) in [6, 6.07) is 3.78. The molecule has 0 aliphatic carbocycles. The standard InChI is InChI=1S/C25H37F3N4O3/c1-3-23(33)32(22-7-5-6-21(29-22)25(26,27)28)18-24(8-11-35-12-9-24)31-16-19-14-30(10-13-34-4-2)15-20(19)17-31/h5-7,19-20H,3-4,8-18H2,1-2H3. The Morgan fingerprint density at radius 2 is 1.86 bits per heavy atom. The van der Waals surface area contributed by atoms with Gasteiger partial charge in [-0.2, -0.15) is 13.2 Å². The third-order valence-corrected chi connectivity index (χ3v) is 7.77. The Labute approximate surface area is 205 Å². The van der Waals surface area contributed by atoms with Gasteiger partial charge >= 0.3 is 6.18 Å². The van der Waals surface area contributed by atoms with E-state index in [0.717, 1.165) is 64.8 Å². The van der Waals surface area contributed by atoms with E-state index in [4.69, 9.17) is 9.47 Å². The lowest BCUT2D eigenvalue weighted by Crippen LogP contribution is -2.59. The topological polar surface area (TPSA) is 58.1 Å². The average molecular weight is 499 g/mol. The summed E-state index contributed by atoms with van der Waals surface area (Å²) in [5, 5.41) is 0. The van der Waals surface area contributed by atoms with Gasteiger partial charge in [-0.25, -0.2) is 4.98 Å². The van der Waals surface area contributed by atoms with Gasteiger partial charge in [0.05, 0.1) is 6.61 Å². The second kappa shape index (κ2) is 11.1. The Bertz CT molecular complexity index is 849. The van der Waals surface area contributed by atoms with E-state index < -0.39 is 11.9 Å². The maximum atomic E-state index is 13.4. The van der Waals surface area contributed by atoms with E-state index in [2.05, 4.69) is 14.8 Å². The summed E-state index contributed by atoms with van der Waals surface area (Å²) >= 11 is 0. The van der Waals surface area contributed by atoms with Crippen molar-refractivity contribution in [2.45, 2.75) is 44.8 Å². The van der Waals surface area contributed by atoms with Crippen molar-refractivity contribution in [3.63, 3.8) is 0 Å². The van der Waals surface area contributed by atoms with E-state index in [1.54, 1.807) is 6.92 Å². The lowest BCUT2D eigenvalue weighted by atomic mass is 9.87. The smallest absolute Gasteiger partial charge is 0.381 e. The molecule has 0 spiro atoms. The maximum absolute atomic E-state index is 13.4. The van der Waals surface area contributed by atoms with Crippen LogP contribution in [-0.4, -0.2) is 91.9 Å². The molecule has 0 saturated carbocycles. The highest BCUT2D eigenvalue weighted by Crippen LogP contribution is 2.40. The molecule has 3 aliphatic heterocycles. The zero-order valence-electron chi connectivity index (χ0n) is 20.7. The number of anilines is 1. The number of hydrogen-bond donors (Lipinski definition) is 0. The van der Waals surface area contributed by atoms with Crippen LogP contribution >= 0.6 is 0 Å². The van der Waals surface area contributed by atoms with Crippen LogP contribution in [-0.2, 0) is 20.4 Å². The predicted molar refractivity (Wildman–Crippen MR) is 126 cm³/mol. The maximum Gasteiger partial charge on any atom is 0.433 e. The summed E-state index contributed by atoms with van der Waals surface area (Å²) in [6.07, 6.45) is -2.88. The average Bonchev–Trinajstić information content (AvgIpc) is 3.42. The van der Waals surface area contributed by atoms with Crippen LogP contribution in [0.1, 0.15) is 38.8 Å². The van der Waals surface area contributed by atoms with Gasteiger partial charge in [0.15, 0.2) is 0 Å². The molecular formula is C25H37F3N4O3. The molecule has 1 aromatic heterocycles. The Kier molecular flexibility index (Phi) is 8.35. The molecule has 2 atom stereocenters. The van der Waals surface area contributed by atoms with Crippen molar-refractivity contribution in [3.05, 3.63) is 23.9 Å². The molecule has 0 aromatic carbocycles. The zero-order chi connectivity index (χ0) is 25.1. The van der Waals surface area contributed by atoms with Gasteiger partial charge in [0, 0.05) is 71.0 Å². The number of aromatic nitrogens is 1. The zero-order valence-corrected chi connectivity index (χ0v) is 20.7. The van der Waals surface area contributed by atoms with E-state index in [1.807, 2.05) is 6.92 Å². The highest BCUT2D eigenvalue weighted by Gasteiger charge is 2.49. The van der Waals surface area contributed by atoms with E-state index in [1.165, 1.54) is 17.0 Å². The van der Waals surface area contributed by atoms with Crippen LogP contribution in [0.25, 0.3) is 0 Å². The monoisotopic (exact) mass is 498 g/mol. The molecule has 3 fully saturated rings. The second-order valence-electron chi connectivity index (χ2n) is 9.93. The number of carbonyl (C=O) groups excluding carboxylic acids is 1. The SMILES string of the molecule is CCOCCN1CC2CN(C3(CN(C(=O)CC)c4cccc(C(F)(F)F)n4)CCOCC3)CC2C1. The first-order valence-corrected chi connectivity index (χ1v) is 12.7. The van der Waals surface area contributed by atoms with E-state index >= 15 is 0 Å². The molecule has 10 heteroatoms. The van der Waals surface area contributed by atoms with Gasteiger partial charge in [0.25, 0.3) is 0 Å². The minimum atomic E-state index is -4.56. The van der Waals surface area contributed by atoms with E-state index in [9.17, 15) is 18.0 Å². The van der Waals surface area contributed by atoms with Crippen LogP contribution in [0.15, 0.2) is 18.2 Å². The normalized spacial score (nSPS) is 25.1. The summed E-state index contributed by atoms with van der Waals surface area (Å²) in [6.45, 7) is 11.6. The fourth-order valence-corrected chi connectivity index (χ4v) is 5.84. The van der Waals surface area contributed by atoms with Gasteiger partial charge in [0.1, 0.15) is 11.5 Å². The number of alkyl halides is 3. The second-order valence-corrected chi connectivity index (χ2v) is 9.93. The summed E-state index contributed by atoms with van der Waals surface area (Å²) in [5.41, 5.74) is -1.31. The summed E-state index contributed by atoms with van der Waals surface area (Å²) in [5.74, 6) is 0.958. The Balaban J connectivity index is 1.53. The van der Waals surface area contributed by atoms with Gasteiger partial charge in [0.2, 0.25) is 5.91 Å². The number of pyridine rings is 1. The first-order valence-electron chi connectivity index (χ1n) is 12.7. The molecule has 7 nitrogen and oxygen atoms in total. The molecule has 0 N–H and O–H groups in total. The molecule has 4 rings (SSSR count). The number of rotatable bonds is 9. The van der Waals surface area contributed by atoms with E-state index in [0.29, 0.717) is 31.6 Å². The quantitative estimate of drug-likeness (QED) is 0.487. The third kappa shape index (κ3) is 5.98. The van der Waals surface area contributed by atoms with Crippen molar-refractivity contribution in [3.8, 4) is 0 Å². The molecule has 35 heavy (non-hydrogen) atoms. The predicted octanol–water partition coefficient (Wildman–Crippen LogP) is 3.29. The van der Waals surface area contributed by atoms with Crippen LogP contribution in [0.5, 0.6) is 0 Å². The highest BCUT2D eigenvalue weighted by atomic mass is 19.4. The Hall–Kier alpha value is -1.75. The number of fused-ring (bicyclic) bond motifs is 1. The fourth-order valence-electron chi connectivity index (χ4n) is 5.84. The Morgan fingerprint density at radius 1 is 1.17 bits per heavy atom. The van der Waals surface area contributed by atoms with Crippen molar-refractivity contribution in [1.29, 1.82) is 0 Å². The molecule has 3 saturated heterocycles. The van der Waals surface area contributed by atoms with Gasteiger partial charge in [-0.1, -0.05) is 13.0 Å². The first kappa shape index (κ1) is 26.3. The van der Waals surface area contributed by atoms with Crippen molar-refractivity contribution in [1.82, 2.24) is 14.8 Å². The molecule has 4 heterocycles. The lowest BCUT2D eigenvalue weighted by Gasteiger charge is -2.47. The van der Waals surface area contributed by atoms with Crippen molar-refractivity contribution >= 4 is 11.7 Å². The van der Waals surface area contributed by atoms with Crippen LogP contribution < -0.4 is 4.90 Å². The summed E-state index contributed by atoms with van der Waals surface area (Å²) in [7, 11) is 0. The summed E-state index contributed by atoms with van der Waals surface area (Å²) in [4.78, 5) is 23.3. The lowest BCUT2D eigenvalue weighted by molar-refractivity contribution is -0.141. The minimum Gasteiger partial charge on any atom is -0.381 e. The van der Waals surface area contributed by atoms with Gasteiger partial charge in [-0.15, -0.1) is 0 Å². The van der Waals surface area contributed by atoms with Gasteiger partial charge < -0.3 is 14.4 Å². The number of halogens is 3. The number of ether oxygens (including phenoxy) is 2. The van der Waals surface area contributed by atoms with Crippen LogP contribution in [0.4, 0.5) is 19.0 Å². The highest BCUT2D eigenvalue weighted by molar-refractivity contribution is 5.92. The fraction of sp³-hybridized carbons (Fsp3) is 0.760. The number of nitrogens with zero attached hydrogens (tertiary/aromatic N) is 4. The molecule has 0 bridgehead atoms. The third-order valence-electron chi connectivity index (χ3n) is 7.77. The number of hydrogen-bond acceptors (Lipinski definition) is 6. The first-order chi connectivity index (χ1) is 16.8. The number of likely N-dealkylation sites (tertiary alicyclic amines) is 2. The molecule has 0 radical (unpaired) electrons. The molecule has 1 aromatic rings. The van der Waals surface area contributed by atoms with Crippen molar-refractivity contribution < 1.29 is 27.4 Å². The van der Waals surface area contributed by atoms with Gasteiger partial charge in [-0.3, -0.25) is 14.6 Å². The largest absolute Gasteiger partial charge is 0.433 e. The van der Waals surface area contributed by atoms with Crippen molar-refractivity contribution in [2.24, 2.45) is 11.8 Å². The molecule has 3 aliphatic rings. The number of amides is 1. The minimum absolute atomic E-state index is 0.0685. The van der Waals surface area contributed by atoms with Crippen molar-refractivity contribution in [2.75, 3.05) is 70.6 Å². The summed E-state index contributed by atoms with van der Waals surface area (Å²) < 4.78 is 51.2. The molecule has 196 valence electrons. The van der Waals surface area contributed by atoms with E-state index in [-0.39, 0.29) is 23.7 Å². The molecule has 1 amide bonds. The van der Waals surface area contributed by atoms with Crippen LogP contribution in [0.2, 0.25) is 0 Å². The van der Waals surface area contributed by atoms with Crippen LogP contribution in [0.3, 0.4) is 0 Å². The molecular weight excluding hydrogens is 461 g/mol. The Morgan fingerprint density at radius 3 is 2.46 bits per heavy atom. The number of carbonyl (C=O) groups is 1. The van der Waals surface area contributed by atoms with Gasteiger partial charge in [-0.05, 0) is 43.7 Å². The van der Waals surface area contributed by atoms with Crippen LogP contribution in [0, 0.1) is 11.8 Å².